The van der Waals surface area contributed by atoms with Gasteiger partial charge in [0.1, 0.15) is 6.61 Å². The lowest BCUT2D eigenvalue weighted by Gasteiger charge is -2.04. The molecule has 19 heavy (non-hydrogen) atoms. The second kappa shape index (κ2) is 7.52. The van der Waals surface area contributed by atoms with Crippen LogP contribution in [0.5, 0.6) is 5.75 Å². The molecular formula is C12H12BrNO5. The summed E-state index contributed by atoms with van der Waals surface area (Å²) in [6.07, 6.45) is 2.65. The molecular weight excluding hydrogens is 318 g/mol. The Morgan fingerprint density at radius 3 is 2.89 bits per heavy atom. The second-order valence-electron chi connectivity index (χ2n) is 3.33. The summed E-state index contributed by atoms with van der Waals surface area (Å²) in [5.41, 5.74) is -0.132. The van der Waals surface area contributed by atoms with Crippen molar-refractivity contribution < 1.29 is 19.2 Å². The molecule has 1 rings (SSSR count). The monoisotopic (exact) mass is 329 g/mol. The third kappa shape index (κ3) is 5.09. The summed E-state index contributed by atoms with van der Waals surface area (Å²) in [7, 11) is 0. The molecule has 0 atom stereocenters. The maximum atomic E-state index is 11.0. The van der Waals surface area contributed by atoms with E-state index >= 15 is 0 Å². The summed E-state index contributed by atoms with van der Waals surface area (Å²) in [4.78, 5) is 21.2. The maximum Gasteiger partial charge on any atom is 0.330 e. The van der Waals surface area contributed by atoms with E-state index in [9.17, 15) is 14.9 Å². The van der Waals surface area contributed by atoms with Gasteiger partial charge in [0, 0.05) is 22.7 Å². The van der Waals surface area contributed by atoms with Crippen molar-refractivity contribution in [3.63, 3.8) is 0 Å². The lowest BCUT2D eigenvalue weighted by molar-refractivity contribution is -0.385. The summed E-state index contributed by atoms with van der Waals surface area (Å²) in [5.74, 6) is -0.345. The van der Waals surface area contributed by atoms with Crippen LogP contribution in [0, 0.1) is 10.1 Å². The predicted molar refractivity (Wildman–Crippen MR) is 72.1 cm³/mol. The van der Waals surface area contributed by atoms with Gasteiger partial charge in [-0.3, -0.25) is 10.1 Å². The Labute approximate surface area is 118 Å². The fourth-order valence-electron chi connectivity index (χ4n) is 1.23. The Kier molecular flexibility index (Phi) is 6.01. The lowest BCUT2D eigenvalue weighted by atomic mass is 10.3. The highest BCUT2D eigenvalue weighted by molar-refractivity contribution is 9.10. The Morgan fingerprint density at radius 1 is 1.53 bits per heavy atom. The van der Waals surface area contributed by atoms with Crippen molar-refractivity contribution in [2.24, 2.45) is 0 Å². The predicted octanol–water partition coefficient (Wildman–Crippen LogP) is 2.86. The quantitative estimate of drug-likeness (QED) is 0.347. The molecule has 0 aromatic heterocycles. The van der Waals surface area contributed by atoms with Gasteiger partial charge in [-0.15, -0.1) is 0 Å². The summed E-state index contributed by atoms with van der Waals surface area (Å²) < 4.78 is 10.6. The van der Waals surface area contributed by atoms with E-state index in [-0.39, 0.29) is 18.0 Å². The highest BCUT2D eigenvalue weighted by Gasteiger charge is 2.14. The standard InChI is InChI=1S/C12H12BrNO5/c1-2-18-12(15)4-3-7-19-11-8-9(13)5-6-10(11)14(16)17/h3-6,8H,2,7H2,1H3/b4-3+. The molecule has 0 fully saturated rings. The number of nitrogens with zero attached hydrogens (tertiary/aromatic N) is 1. The topological polar surface area (TPSA) is 78.7 Å². The van der Waals surface area contributed by atoms with Crippen molar-refractivity contribution in [3.8, 4) is 5.75 Å². The Morgan fingerprint density at radius 2 is 2.26 bits per heavy atom. The molecule has 0 spiro atoms. The molecule has 0 radical (unpaired) electrons. The zero-order chi connectivity index (χ0) is 14.3. The molecule has 0 amide bonds. The number of hydrogen-bond acceptors (Lipinski definition) is 5. The fraction of sp³-hybridized carbons (Fsp3) is 0.250. The Hall–Kier alpha value is -1.89. The van der Waals surface area contributed by atoms with Gasteiger partial charge in [-0.25, -0.2) is 4.79 Å². The van der Waals surface area contributed by atoms with Gasteiger partial charge >= 0.3 is 11.7 Å². The van der Waals surface area contributed by atoms with Crippen LogP contribution in [-0.2, 0) is 9.53 Å². The minimum atomic E-state index is -0.531. The first-order valence-electron chi connectivity index (χ1n) is 5.44. The number of ether oxygens (including phenoxy) is 2. The summed E-state index contributed by atoms with van der Waals surface area (Å²) in [5, 5.41) is 10.8. The number of nitro benzene ring substituents is 1. The van der Waals surface area contributed by atoms with Crippen LogP contribution in [0.15, 0.2) is 34.8 Å². The van der Waals surface area contributed by atoms with Crippen LogP contribution in [0.1, 0.15) is 6.92 Å². The van der Waals surface area contributed by atoms with Gasteiger partial charge in [0.25, 0.3) is 0 Å². The van der Waals surface area contributed by atoms with E-state index in [2.05, 4.69) is 20.7 Å². The van der Waals surface area contributed by atoms with E-state index in [0.717, 1.165) is 0 Å². The molecule has 102 valence electrons. The molecule has 7 heteroatoms. The minimum absolute atomic E-state index is 0.0378. The molecule has 0 aliphatic rings. The number of carbonyl (C=O) groups excluding carboxylic acids is 1. The number of hydrogen-bond donors (Lipinski definition) is 0. The zero-order valence-corrected chi connectivity index (χ0v) is 11.8. The lowest BCUT2D eigenvalue weighted by Crippen LogP contribution is -2.02. The first kappa shape index (κ1) is 15.2. The third-order valence-electron chi connectivity index (χ3n) is 1.99. The first-order valence-corrected chi connectivity index (χ1v) is 6.24. The molecule has 1 aromatic rings. The van der Waals surface area contributed by atoms with Gasteiger partial charge in [-0.2, -0.15) is 0 Å². The van der Waals surface area contributed by atoms with E-state index in [1.54, 1.807) is 13.0 Å². The van der Waals surface area contributed by atoms with Crippen molar-refractivity contribution in [3.05, 3.63) is 44.9 Å². The van der Waals surface area contributed by atoms with E-state index in [4.69, 9.17) is 4.74 Å². The SMILES string of the molecule is CCOC(=O)/C=C/COc1cc(Br)ccc1[N+](=O)[O-]. The van der Waals surface area contributed by atoms with Crippen molar-refractivity contribution in [1.29, 1.82) is 0 Å². The largest absolute Gasteiger partial charge is 0.483 e. The molecule has 0 aliphatic heterocycles. The van der Waals surface area contributed by atoms with E-state index in [0.29, 0.717) is 11.1 Å². The molecule has 0 bridgehead atoms. The minimum Gasteiger partial charge on any atom is -0.483 e. The number of nitro groups is 1. The van der Waals surface area contributed by atoms with Gasteiger partial charge in [-0.1, -0.05) is 15.9 Å². The van der Waals surface area contributed by atoms with Gasteiger partial charge in [0.05, 0.1) is 11.5 Å². The molecule has 0 saturated carbocycles. The van der Waals surface area contributed by atoms with Crippen LogP contribution in [0.25, 0.3) is 0 Å². The fourth-order valence-corrected chi connectivity index (χ4v) is 1.57. The van der Waals surface area contributed by atoms with Crippen LogP contribution in [0.3, 0.4) is 0 Å². The molecule has 1 aromatic carbocycles. The van der Waals surface area contributed by atoms with E-state index in [1.807, 2.05) is 0 Å². The number of rotatable bonds is 6. The van der Waals surface area contributed by atoms with Crippen LogP contribution in [0.4, 0.5) is 5.69 Å². The number of carbonyl (C=O) groups is 1. The normalized spacial score (nSPS) is 10.4. The highest BCUT2D eigenvalue weighted by atomic mass is 79.9. The smallest absolute Gasteiger partial charge is 0.330 e. The van der Waals surface area contributed by atoms with Crippen molar-refractivity contribution in [2.75, 3.05) is 13.2 Å². The van der Waals surface area contributed by atoms with Crippen molar-refractivity contribution in [2.45, 2.75) is 6.92 Å². The Bertz CT molecular complexity index is 501. The van der Waals surface area contributed by atoms with Crippen LogP contribution in [0.2, 0.25) is 0 Å². The average Bonchev–Trinajstić information content (AvgIpc) is 2.34. The molecule has 0 aliphatic carbocycles. The van der Waals surface area contributed by atoms with Gasteiger partial charge < -0.3 is 9.47 Å². The average molecular weight is 330 g/mol. The van der Waals surface area contributed by atoms with E-state index in [1.165, 1.54) is 24.3 Å². The summed E-state index contributed by atoms with van der Waals surface area (Å²) >= 11 is 3.20. The maximum absolute atomic E-state index is 11.0. The molecule has 0 N–H and O–H groups in total. The molecule has 0 unspecified atom stereocenters. The first-order chi connectivity index (χ1) is 9.04. The van der Waals surface area contributed by atoms with Gasteiger partial charge in [0.2, 0.25) is 0 Å². The van der Waals surface area contributed by atoms with Gasteiger partial charge in [0.15, 0.2) is 5.75 Å². The summed E-state index contributed by atoms with van der Waals surface area (Å²) in [6, 6.07) is 4.39. The number of halogens is 1. The second-order valence-corrected chi connectivity index (χ2v) is 4.25. The van der Waals surface area contributed by atoms with Crippen LogP contribution >= 0.6 is 15.9 Å². The highest BCUT2D eigenvalue weighted by Crippen LogP contribution is 2.29. The molecule has 0 heterocycles. The van der Waals surface area contributed by atoms with Crippen molar-refractivity contribution in [1.82, 2.24) is 0 Å². The van der Waals surface area contributed by atoms with E-state index < -0.39 is 10.9 Å². The zero-order valence-electron chi connectivity index (χ0n) is 10.2. The Balaban J connectivity index is 2.64. The number of esters is 1. The summed E-state index contributed by atoms with van der Waals surface area (Å²) in [6.45, 7) is 2.03. The molecule has 6 nitrogen and oxygen atoms in total. The molecule has 0 saturated heterocycles. The van der Waals surface area contributed by atoms with Crippen LogP contribution in [-0.4, -0.2) is 24.1 Å². The van der Waals surface area contributed by atoms with Gasteiger partial charge in [-0.05, 0) is 19.1 Å². The van der Waals surface area contributed by atoms with Crippen LogP contribution < -0.4 is 4.74 Å². The number of benzene rings is 1. The van der Waals surface area contributed by atoms with Crippen molar-refractivity contribution >= 4 is 27.6 Å². The third-order valence-corrected chi connectivity index (χ3v) is 2.49.